The van der Waals surface area contributed by atoms with Crippen molar-refractivity contribution in [3.05, 3.63) is 64.8 Å². The topological polar surface area (TPSA) is 74.7 Å². The van der Waals surface area contributed by atoms with Crippen molar-refractivity contribution in [3.8, 4) is 33.9 Å². The molecular weight excluding hydrogens is 406 g/mol. The summed E-state index contributed by atoms with van der Waals surface area (Å²) in [5, 5.41) is 0. The number of esters is 1. The highest BCUT2D eigenvalue weighted by molar-refractivity contribution is 6.25. The fourth-order valence-corrected chi connectivity index (χ4v) is 4.04. The first-order chi connectivity index (χ1) is 15.5. The molecule has 0 saturated carbocycles. The Bertz CT molecular complexity index is 1220. The number of aromatic nitrogens is 1. The number of pyridine rings is 1. The summed E-state index contributed by atoms with van der Waals surface area (Å²) >= 11 is 0. The van der Waals surface area contributed by atoms with E-state index < -0.39 is 5.97 Å². The summed E-state index contributed by atoms with van der Waals surface area (Å²) in [6.45, 7) is 6.31. The van der Waals surface area contributed by atoms with Gasteiger partial charge in [0.15, 0.2) is 17.3 Å². The number of benzene rings is 2. The van der Waals surface area contributed by atoms with Gasteiger partial charge in [0, 0.05) is 16.7 Å². The minimum atomic E-state index is -0.510. The lowest BCUT2D eigenvalue weighted by Gasteiger charge is -2.17. The van der Waals surface area contributed by atoms with E-state index in [4.69, 9.17) is 14.2 Å². The van der Waals surface area contributed by atoms with Crippen LogP contribution in [0.25, 0.3) is 22.4 Å². The lowest BCUT2D eigenvalue weighted by atomic mass is 9.91. The third kappa shape index (κ3) is 3.51. The maximum Gasteiger partial charge on any atom is 0.340 e. The minimum absolute atomic E-state index is 0.158. The van der Waals surface area contributed by atoms with Crippen molar-refractivity contribution in [2.24, 2.45) is 0 Å². The molecule has 1 aliphatic carbocycles. The molecule has 0 unspecified atom stereocenters. The van der Waals surface area contributed by atoms with Crippen LogP contribution >= 0.6 is 0 Å². The molecule has 0 aliphatic heterocycles. The number of carbonyl (C=O) groups excluding carboxylic acids is 2. The van der Waals surface area contributed by atoms with Crippen molar-refractivity contribution >= 4 is 11.8 Å². The molecule has 0 atom stereocenters. The van der Waals surface area contributed by atoms with Crippen molar-refractivity contribution < 1.29 is 23.8 Å². The molecule has 4 rings (SSSR count). The van der Waals surface area contributed by atoms with E-state index in [1.165, 1.54) is 0 Å². The predicted octanol–water partition coefficient (Wildman–Crippen LogP) is 5.24. The van der Waals surface area contributed by atoms with Gasteiger partial charge >= 0.3 is 5.97 Å². The zero-order valence-electron chi connectivity index (χ0n) is 18.7. The van der Waals surface area contributed by atoms with Gasteiger partial charge in [-0.25, -0.2) is 4.79 Å². The van der Waals surface area contributed by atoms with Crippen LogP contribution in [0, 0.1) is 6.92 Å². The second kappa shape index (κ2) is 8.83. The van der Waals surface area contributed by atoms with Gasteiger partial charge in [0.25, 0.3) is 0 Å². The summed E-state index contributed by atoms with van der Waals surface area (Å²) in [5.41, 5.74) is 4.29. The molecule has 164 valence electrons. The molecule has 0 radical (unpaired) electrons. The average molecular weight is 431 g/mol. The van der Waals surface area contributed by atoms with E-state index in [1.54, 1.807) is 39.2 Å². The molecule has 0 fully saturated rings. The Morgan fingerprint density at radius 3 is 2.44 bits per heavy atom. The van der Waals surface area contributed by atoms with Crippen LogP contribution in [0.5, 0.6) is 11.5 Å². The third-order valence-electron chi connectivity index (χ3n) is 5.43. The van der Waals surface area contributed by atoms with Gasteiger partial charge in [-0.15, -0.1) is 0 Å². The largest absolute Gasteiger partial charge is 0.493 e. The highest BCUT2D eigenvalue weighted by Gasteiger charge is 2.35. The van der Waals surface area contributed by atoms with Crippen LogP contribution in [0.1, 0.15) is 52.2 Å². The Balaban J connectivity index is 2.00. The number of aryl methyl sites for hydroxylation is 1. The SMILES string of the molecule is CCCOc1ccc(-c2c(C(=O)OCC)c(C)nc3c2C(=O)c2ccccc2-3)cc1OC. The lowest BCUT2D eigenvalue weighted by Crippen LogP contribution is -2.13. The zero-order valence-corrected chi connectivity index (χ0v) is 18.7. The smallest absolute Gasteiger partial charge is 0.340 e. The average Bonchev–Trinajstić information content (AvgIpc) is 3.08. The van der Waals surface area contributed by atoms with Gasteiger partial charge in [-0.05, 0) is 38.0 Å². The summed E-state index contributed by atoms with van der Waals surface area (Å²) in [6.07, 6.45) is 0.863. The molecular formula is C26H25NO5. The number of ether oxygens (including phenoxy) is 3. The van der Waals surface area contributed by atoms with E-state index in [2.05, 4.69) is 4.98 Å². The zero-order chi connectivity index (χ0) is 22.8. The van der Waals surface area contributed by atoms with Gasteiger partial charge in [-0.1, -0.05) is 37.3 Å². The second-order valence-electron chi connectivity index (χ2n) is 7.48. The number of carbonyl (C=O) groups is 2. The van der Waals surface area contributed by atoms with Crippen molar-refractivity contribution in [2.75, 3.05) is 20.3 Å². The fourth-order valence-electron chi connectivity index (χ4n) is 4.04. The van der Waals surface area contributed by atoms with E-state index in [1.807, 2.05) is 31.2 Å². The van der Waals surface area contributed by atoms with Crippen LogP contribution in [-0.2, 0) is 4.74 Å². The monoisotopic (exact) mass is 431 g/mol. The minimum Gasteiger partial charge on any atom is -0.493 e. The van der Waals surface area contributed by atoms with Crippen LogP contribution in [-0.4, -0.2) is 37.1 Å². The maximum atomic E-state index is 13.4. The van der Waals surface area contributed by atoms with Crippen molar-refractivity contribution in [3.63, 3.8) is 0 Å². The molecule has 0 saturated heterocycles. The van der Waals surface area contributed by atoms with Crippen LogP contribution in [0.4, 0.5) is 0 Å². The lowest BCUT2D eigenvalue weighted by molar-refractivity contribution is 0.0526. The number of fused-ring (bicyclic) bond motifs is 3. The third-order valence-corrected chi connectivity index (χ3v) is 5.43. The van der Waals surface area contributed by atoms with Gasteiger partial charge < -0.3 is 14.2 Å². The van der Waals surface area contributed by atoms with Crippen LogP contribution in [0.3, 0.4) is 0 Å². The molecule has 0 bridgehead atoms. The van der Waals surface area contributed by atoms with Crippen LogP contribution in [0.15, 0.2) is 42.5 Å². The summed E-state index contributed by atoms with van der Waals surface area (Å²) in [7, 11) is 1.56. The van der Waals surface area contributed by atoms with E-state index in [0.717, 1.165) is 12.0 Å². The van der Waals surface area contributed by atoms with Gasteiger partial charge in [0.1, 0.15) is 0 Å². The molecule has 1 aromatic heterocycles. The van der Waals surface area contributed by atoms with Crippen molar-refractivity contribution in [1.29, 1.82) is 0 Å². The number of ketones is 1. The second-order valence-corrected chi connectivity index (χ2v) is 7.48. The van der Waals surface area contributed by atoms with E-state index in [0.29, 0.717) is 51.7 Å². The number of hydrogen-bond donors (Lipinski definition) is 0. The molecule has 0 amide bonds. The summed E-state index contributed by atoms with van der Waals surface area (Å²) in [5.74, 6) is 0.461. The van der Waals surface area contributed by atoms with Gasteiger partial charge in [0.05, 0.1) is 42.8 Å². The fraction of sp³-hybridized carbons (Fsp3) is 0.269. The standard InChI is InChI=1S/C26H25NO5/c1-5-13-32-19-12-11-16(14-20(19)30-4)22-21(26(29)31-6-2)15(3)27-24-17-9-7-8-10-18(17)25(28)23(22)24/h7-12,14H,5-6,13H2,1-4H3. The Kier molecular flexibility index (Phi) is 5.95. The van der Waals surface area contributed by atoms with E-state index >= 15 is 0 Å². The molecule has 1 heterocycles. The Labute approximate surface area is 187 Å². The molecule has 6 heteroatoms. The normalized spacial score (nSPS) is 11.7. The van der Waals surface area contributed by atoms with Crippen molar-refractivity contribution in [1.82, 2.24) is 4.98 Å². The highest BCUT2D eigenvalue weighted by atomic mass is 16.5. The molecule has 0 N–H and O–H groups in total. The quantitative estimate of drug-likeness (QED) is 0.373. The molecule has 2 aromatic carbocycles. The predicted molar refractivity (Wildman–Crippen MR) is 122 cm³/mol. The molecule has 1 aliphatic rings. The summed E-state index contributed by atoms with van der Waals surface area (Å²) in [6, 6.07) is 12.8. The summed E-state index contributed by atoms with van der Waals surface area (Å²) < 4.78 is 16.7. The first kappa shape index (κ1) is 21.6. The van der Waals surface area contributed by atoms with Crippen LogP contribution < -0.4 is 9.47 Å². The van der Waals surface area contributed by atoms with Gasteiger partial charge in [-0.2, -0.15) is 0 Å². The molecule has 3 aromatic rings. The first-order valence-corrected chi connectivity index (χ1v) is 10.7. The Morgan fingerprint density at radius 2 is 1.75 bits per heavy atom. The molecule has 0 spiro atoms. The van der Waals surface area contributed by atoms with Gasteiger partial charge in [-0.3, -0.25) is 9.78 Å². The number of hydrogen-bond acceptors (Lipinski definition) is 6. The molecule has 6 nitrogen and oxygen atoms in total. The summed E-state index contributed by atoms with van der Waals surface area (Å²) in [4.78, 5) is 31.1. The Morgan fingerprint density at radius 1 is 1.00 bits per heavy atom. The number of rotatable bonds is 7. The molecule has 32 heavy (non-hydrogen) atoms. The van der Waals surface area contributed by atoms with E-state index in [9.17, 15) is 9.59 Å². The maximum absolute atomic E-state index is 13.4. The van der Waals surface area contributed by atoms with E-state index in [-0.39, 0.29) is 18.0 Å². The van der Waals surface area contributed by atoms with Gasteiger partial charge in [0.2, 0.25) is 0 Å². The first-order valence-electron chi connectivity index (χ1n) is 10.7. The highest BCUT2D eigenvalue weighted by Crippen LogP contribution is 2.44. The van der Waals surface area contributed by atoms with Crippen molar-refractivity contribution in [2.45, 2.75) is 27.2 Å². The van der Waals surface area contributed by atoms with Crippen LogP contribution in [0.2, 0.25) is 0 Å². The Hall–Kier alpha value is -3.67. The number of nitrogens with zero attached hydrogens (tertiary/aromatic N) is 1. The number of methoxy groups -OCH3 is 1.